The first-order chi connectivity index (χ1) is 8.69. The summed E-state index contributed by atoms with van der Waals surface area (Å²) in [5.74, 6) is -0.835. The molecule has 3 nitrogen and oxygen atoms in total. The van der Waals surface area contributed by atoms with E-state index in [4.69, 9.17) is 5.11 Å². The van der Waals surface area contributed by atoms with E-state index >= 15 is 0 Å². The van der Waals surface area contributed by atoms with Crippen molar-refractivity contribution in [1.29, 1.82) is 0 Å². The van der Waals surface area contributed by atoms with Gasteiger partial charge in [0.2, 0.25) is 0 Å². The second-order valence-electron chi connectivity index (χ2n) is 4.01. The molecule has 0 atom stereocenters. The van der Waals surface area contributed by atoms with Crippen molar-refractivity contribution >= 4 is 12.3 Å². The fraction of sp³-hybridized carbons (Fsp3) is 0.0667. The average molecular weight is 240 g/mol. The van der Waals surface area contributed by atoms with Crippen LogP contribution in [0.4, 0.5) is 0 Å². The van der Waals surface area contributed by atoms with E-state index in [1.165, 1.54) is 0 Å². The number of aliphatic carboxylic acids is 1. The summed E-state index contributed by atoms with van der Waals surface area (Å²) in [4.78, 5) is 21.1. The second-order valence-corrected chi connectivity index (χ2v) is 4.01. The Labute approximate surface area is 105 Å². The van der Waals surface area contributed by atoms with E-state index in [1.54, 1.807) is 24.3 Å². The van der Waals surface area contributed by atoms with Crippen molar-refractivity contribution in [3.63, 3.8) is 0 Å². The third-order valence-electron chi connectivity index (χ3n) is 2.69. The standard InChI is InChI=1S/C15H12O3/c16-10-12-3-7-14(8-4-12)13-5-1-11(2-6-13)9-15(17)18/h1-8,10H,9H2,(H,17,18). The molecule has 0 radical (unpaired) electrons. The number of hydrogen-bond donors (Lipinski definition) is 1. The molecule has 18 heavy (non-hydrogen) atoms. The monoisotopic (exact) mass is 240 g/mol. The molecular weight excluding hydrogens is 228 g/mol. The molecule has 2 rings (SSSR count). The van der Waals surface area contributed by atoms with Crippen LogP contribution in [0.2, 0.25) is 0 Å². The minimum atomic E-state index is -0.835. The summed E-state index contributed by atoms with van der Waals surface area (Å²) in [5.41, 5.74) is 3.42. The Morgan fingerprint density at radius 3 is 1.89 bits per heavy atom. The first-order valence-corrected chi connectivity index (χ1v) is 5.55. The van der Waals surface area contributed by atoms with Crippen molar-refractivity contribution in [1.82, 2.24) is 0 Å². The van der Waals surface area contributed by atoms with Gasteiger partial charge in [-0.15, -0.1) is 0 Å². The van der Waals surface area contributed by atoms with Crippen LogP contribution >= 0.6 is 0 Å². The van der Waals surface area contributed by atoms with Gasteiger partial charge in [0.05, 0.1) is 6.42 Å². The number of benzene rings is 2. The number of hydrogen-bond acceptors (Lipinski definition) is 2. The Kier molecular flexibility index (Phi) is 3.53. The number of rotatable bonds is 4. The van der Waals surface area contributed by atoms with Gasteiger partial charge in [-0.2, -0.15) is 0 Å². The summed E-state index contributed by atoms with van der Waals surface area (Å²) >= 11 is 0. The molecule has 1 N–H and O–H groups in total. The molecule has 2 aromatic rings. The van der Waals surface area contributed by atoms with Crippen molar-refractivity contribution in [3.05, 3.63) is 59.7 Å². The number of carboxylic acid groups (broad SMARTS) is 1. The topological polar surface area (TPSA) is 54.4 Å². The van der Waals surface area contributed by atoms with E-state index in [-0.39, 0.29) is 6.42 Å². The highest BCUT2D eigenvalue weighted by Crippen LogP contribution is 2.20. The summed E-state index contributed by atoms with van der Waals surface area (Å²) in [6, 6.07) is 14.6. The molecule has 0 spiro atoms. The Hall–Kier alpha value is -2.42. The highest BCUT2D eigenvalue weighted by molar-refractivity contribution is 5.77. The highest BCUT2D eigenvalue weighted by Gasteiger charge is 2.01. The molecule has 0 unspecified atom stereocenters. The second kappa shape index (κ2) is 5.27. The average Bonchev–Trinajstić information content (AvgIpc) is 2.39. The Morgan fingerprint density at radius 2 is 1.44 bits per heavy atom. The molecule has 0 amide bonds. The number of carbonyl (C=O) groups excluding carboxylic acids is 1. The molecule has 90 valence electrons. The molecule has 0 saturated carbocycles. The van der Waals surface area contributed by atoms with Gasteiger partial charge in [0.15, 0.2) is 0 Å². The normalized spacial score (nSPS) is 10.0. The van der Waals surface area contributed by atoms with Gasteiger partial charge in [0.1, 0.15) is 6.29 Å². The van der Waals surface area contributed by atoms with Crippen LogP contribution in [-0.2, 0) is 11.2 Å². The van der Waals surface area contributed by atoms with Crippen molar-refractivity contribution in [2.75, 3.05) is 0 Å². The Morgan fingerprint density at radius 1 is 0.944 bits per heavy atom. The first kappa shape index (κ1) is 12.0. The van der Waals surface area contributed by atoms with Crippen LogP contribution in [0.25, 0.3) is 11.1 Å². The smallest absolute Gasteiger partial charge is 0.307 e. The predicted octanol–water partition coefficient (Wildman–Crippen LogP) is 2.79. The van der Waals surface area contributed by atoms with Gasteiger partial charge in [-0.05, 0) is 16.7 Å². The van der Waals surface area contributed by atoms with Crippen molar-refractivity contribution < 1.29 is 14.7 Å². The van der Waals surface area contributed by atoms with E-state index in [1.807, 2.05) is 24.3 Å². The lowest BCUT2D eigenvalue weighted by molar-refractivity contribution is -0.136. The molecule has 0 bridgehead atoms. The van der Waals surface area contributed by atoms with Gasteiger partial charge in [0.25, 0.3) is 0 Å². The van der Waals surface area contributed by atoms with Gasteiger partial charge < -0.3 is 5.11 Å². The molecule has 3 heteroatoms. The third kappa shape index (κ3) is 2.83. The largest absolute Gasteiger partial charge is 0.481 e. The zero-order chi connectivity index (χ0) is 13.0. The van der Waals surface area contributed by atoms with E-state index in [9.17, 15) is 9.59 Å². The maximum atomic E-state index is 10.6. The number of carboxylic acids is 1. The molecular formula is C15H12O3. The third-order valence-corrected chi connectivity index (χ3v) is 2.69. The van der Waals surface area contributed by atoms with Crippen LogP contribution in [0.1, 0.15) is 15.9 Å². The van der Waals surface area contributed by atoms with Gasteiger partial charge in [-0.1, -0.05) is 48.5 Å². The van der Waals surface area contributed by atoms with E-state index in [0.29, 0.717) is 5.56 Å². The van der Waals surface area contributed by atoms with Gasteiger partial charge in [-0.3, -0.25) is 9.59 Å². The molecule has 0 fully saturated rings. The summed E-state index contributed by atoms with van der Waals surface area (Å²) in [6.07, 6.45) is 0.837. The molecule has 0 aliphatic rings. The Balaban J connectivity index is 2.22. The first-order valence-electron chi connectivity index (χ1n) is 5.55. The highest BCUT2D eigenvalue weighted by atomic mass is 16.4. The van der Waals surface area contributed by atoms with Crippen LogP contribution in [0.15, 0.2) is 48.5 Å². The zero-order valence-corrected chi connectivity index (χ0v) is 9.67. The lowest BCUT2D eigenvalue weighted by atomic mass is 10.0. The SMILES string of the molecule is O=Cc1ccc(-c2ccc(CC(=O)O)cc2)cc1. The molecule has 0 aliphatic heterocycles. The van der Waals surface area contributed by atoms with Crippen LogP contribution in [-0.4, -0.2) is 17.4 Å². The van der Waals surface area contributed by atoms with Crippen LogP contribution in [0, 0.1) is 0 Å². The summed E-state index contributed by atoms with van der Waals surface area (Å²) < 4.78 is 0. The van der Waals surface area contributed by atoms with E-state index in [0.717, 1.165) is 23.0 Å². The van der Waals surface area contributed by atoms with E-state index < -0.39 is 5.97 Å². The van der Waals surface area contributed by atoms with Gasteiger partial charge in [-0.25, -0.2) is 0 Å². The number of aldehydes is 1. The molecule has 0 aliphatic carbocycles. The number of carbonyl (C=O) groups is 2. The maximum Gasteiger partial charge on any atom is 0.307 e. The van der Waals surface area contributed by atoms with Crippen LogP contribution < -0.4 is 0 Å². The van der Waals surface area contributed by atoms with Crippen molar-refractivity contribution in [2.24, 2.45) is 0 Å². The lowest BCUT2D eigenvalue weighted by Gasteiger charge is -2.03. The lowest BCUT2D eigenvalue weighted by Crippen LogP contribution is -1.99. The van der Waals surface area contributed by atoms with Gasteiger partial charge in [0, 0.05) is 5.56 Å². The minimum Gasteiger partial charge on any atom is -0.481 e. The molecule has 0 heterocycles. The predicted molar refractivity (Wildman–Crippen MR) is 68.6 cm³/mol. The van der Waals surface area contributed by atoms with Crippen LogP contribution in [0.5, 0.6) is 0 Å². The van der Waals surface area contributed by atoms with Crippen LogP contribution in [0.3, 0.4) is 0 Å². The zero-order valence-electron chi connectivity index (χ0n) is 9.67. The Bertz CT molecular complexity index is 553. The van der Waals surface area contributed by atoms with E-state index in [2.05, 4.69) is 0 Å². The van der Waals surface area contributed by atoms with Gasteiger partial charge >= 0.3 is 5.97 Å². The molecule has 0 saturated heterocycles. The summed E-state index contributed by atoms with van der Waals surface area (Å²) in [6.45, 7) is 0. The molecule has 0 aromatic heterocycles. The fourth-order valence-electron chi connectivity index (χ4n) is 1.74. The molecule has 2 aromatic carbocycles. The van der Waals surface area contributed by atoms with Crippen molar-refractivity contribution in [3.8, 4) is 11.1 Å². The summed E-state index contributed by atoms with van der Waals surface area (Å²) in [5, 5.41) is 8.68. The fourth-order valence-corrected chi connectivity index (χ4v) is 1.74. The summed E-state index contributed by atoms with van der Waals surface area (Å²) in [7, 11) is 0. The van der Waals surface area contributed by atoms with Crippen molar-refractivity contribution in [2.45, 2.75) is 6.42 Å². The minimum absolute atomic E-state index is 0.0321. The maximum absolute atomic E-state index is 10.6. The quantitative estimate of drug-likeness (QED) is 0.836.